The number of hydrogen-bond donors (Lipinski definition) is 6. The number of nitrogens with one attached hydrogen (secondary N) is 1. The number of aliphatic hydroxyl groups is 1. The molecule has 1 aliphatic rings. The number of aromatic nitrogens is 3. The minimum Gasteiger partial charge on any atom is -0.390 e. The minimum absolute atomic E-state index is 0.0144. The predicted molar refractivity (Wildman–Crippen MR) is 192 cm³/mol. The van der Waals surface area contributed by atoms with E-state index in [0.717, 1.165) is 25.7 Å². The van der Waals surface area contributed by atoms with E-state index in [1.807, 2.05) is 0 Å². The molecule has 0 radical (unpaired) electrons. The molecule has 3 heterocycles. The van der Waals surface area contributed by atoms with Crippen molar-refractivity contribution in [3.05, 3.63) is 58.0 Å². The largest absolute Gasteiger partial charge is 0.490 e. The van der Waals surface area contributed by atoms with Gasteiger partial charge >= 0.3 is 23.5 Å². The van der Waals surface area contributed by atoms with Crippen molar-refractivity contribution in [2.24, 2.45) is 0 Å². The lowest BCUT2D eigenvalue weighted by Gasteiger charge is -2.19. The standard InChI is InChI=1S/C31H40N5O16P3/c1-21(37)8-4-2-3-5-10-24(38)11-7-6-9-22-12-13-23(26(16-22)36(40)41)18-33-25-14-15-32-31-30(25)34-20-35(31)29-17-27(39)28(50-29)19-49-54(45,46)52-55(47,48)51-53(42,43)44/h12-16,20,27-29,39H,2-5,7-8,10-11,17-19H2,1H3,(H,32,33)(H,45,46)(H,47,48)(H2,42,43,44)/t27?,28-,29-/m1/s1. The third-order valence-corrected chi connectivity index (χ3v) is 11.8. The molecule has 1 aliphatic heterocycles. The molecular formula is C31H40N5O16P3. The number of ketones is 2. The molecule has 3 unspecified atom stereocenters. The van der Waals surface area contributed by atoms with Crippen LogP contribution in [-0.2, 0) is 47.7 Å². The minimum atomic E-state index is -5.73. The topological polar surface area (TPSA) is 309 Å². The van der Waals surface area contributed by atoms with E-state index in [1.165, 1.54) is 23.2 Å². The molecule has 55 heavy (non-hydrogen) atoms. The van der Waals surface area contributed by atoms with Crippen molar-refractivity contribution < 1.29 is 70.8 Å². The van der Waals surface area contributed by atoms with Crippen molar-refractivity contribution in [3.8, 4) is 11.8 Å². The number of phosphoric ester groups is 1. The van der Waals surface area contributed by atoms with Crippen LogP contribution in [0.25, 0.3) is 11.2 Å². The molecule has 1 saturated heterocycles. The van der Waals surface area contributed by atoms with E-state index in [0.29, 0.717) is 41.6 Å². The first-order chi connectivity index (χ1) is 25.8. The van der Waals surface area contributed by atoms with E-state index in [4.69, 9.17) is 14.5 Å². The number of aliphatic hydroxyl groups excluding tert-OH is 1. The second kappa shape index (κ2) is 19.4. The number of carbonyl (C=O) groups is 2. The highest BCUT2D eigenvalue weighted by Crippen LogP contribution is 2.66. The van der Waals surface area contributed by atoms with Crippen molar-refractivity contribution in [2.45, 2.75) is 89.7 Å². The first kappa shape index (κ1) is 44.0. The van der Waals surface area contributed by atoms with Gasteiger partial charge in [-0.05, 0) is 38.0 Å². The van der Waals surface area contributed by atoms with Crippen molar-refractivity contribution >= 4 is 57.6 Å². The molecule has 3 aromatic rings. The fourth-order valence-electron chi connectivity index (χ4n) is 5.49. The lowest BCUT2D eigenvalue weighted by molar-refractivity contribution is -0.385. The first-order valence-corrected chi connectivity index (χ1v) is 21.3. The summed E-state index contributed by atoms with van der Waals surface area (Å²) < 4.78 is 53.6. The molecule has 0 aliphatic carbocycles. The summed E-state index contributed by atoms with van der Waals surface area (Å²) in [6.07, 6.45) is 4.18. The summed E-state index contributed by atoms with van der Waals surface area (Å²) in [4.78, 5) is 79.6. The van der Waals surface area contributed by atoms with Gasteiger partial charge < -0.3 is 39.5 Å². The van der Waals surface area contributed by atoms with Crippen LogP contribution in [0.1, 0.15) is 82.1 Å². The van der Waals surface area contributed by atoms with Crippen LogP contribution in [0.4, 0.5) is 11.4 Å². The number of Topliss-reactive ketones (excluding diaryl/α,β-unsaturated/α-hetero) is 2. The molecule has 300 valence electrons. The Labute approximate surface area is 314 Å². The summed E-state index contributed by atoms with van der Waals surface area (Å²) in [5, 5.41) is 25.6. The number of ether oxygens (including phenoxy) is 1. The molecule has 1 fully saturated rings. The quantitative estimate of drug-likeness (QED) is 0.0281. The number of imidazole rings is 1. The number of nitro groups is 1. The maximum atomic E-state index is 12.2. The number of pyridine rings is 1. The fourth-order valence-corrected chi connectivity index (χ4v) is 8.52. The molecule has 0 saturated carbocycles. The predicted octanol–water partition coefficient (Wildman–Crippen LogP) is 4.57. The molecule has 6 N–H and O–H groups in total. The van der Waals surface area contributed by atoms with Crippen LogP contribution in [0.3, 0.4) is 0 Å². The molecule has 4 rings (SSSR count). The maximum Gasteiger partial charge on any atom is 0.490 e. The second-order valence-electron chi connectivity index (χ2n) is 12.4. The number of fused-ring (bicyclic) bond motifs is 1. The van der Waals surface area contributed by atoms with Gasteiger partial charge in [0.05, 0.1) is 29.6 Å². The van der Waals surface area contributed by atoms with Crippen LogP contribution >= 0.6 is 23.5 Å². The van der Waals surface area contributed by atoms with Crippen LogP contribution in [-0.4, -0.2) is 74.5 Å². The summed E-state index contributed by atoms with van der Waals surface area (Å²) in [6.45, 7) is 0.716. The Morgan fingerprint density at radius 2 is 1.76 bits per heavy atom. The third-order valence-electron chi connectivity index (χ3n) is 8.04. The van der Waals surface area contributed by atoms with E-state index in [1.54, 1.807) is 25.1 Å². The number of benzene rings is 1. The number of carbonyl (C=O) groups excluding carboxylic acids is 2. The highest BCUT2D eigenvalue weighted by molar-refractivity contribution is 7.66. The lowest BCUT2D eigenvalue weighted by Crippen LogP contribution is -2.26. The molecule has 5 atom stereocenters. The molecule has 21 nitrogen and oxygen atoms in total. The maximum absolute atomic E-state index is 12.2. The van der Waals surface area contributed by atoms with Gasteiger partial charge in [-0.1, -0.05) is 24.7 Å². The molecular weight excluding hydrogens is 791 g/mol. The van der Waals surface area contributed by atoms with E-state index in [2.05, 4.69) is 40.3 Å². The fraction of sp³-hybridized carbons (Fsp3) is 0.484. The van der Waals surface area contributed by atoms with Crippen LogP contribution in [0.2, 0.25) is 0 Å². The SMILES string of the molecule is CC(=O)CCCCCCC(=O)CCC#Cc1ccc(CNc2ccnc3c2ncn3[C@H]2CC(O)[C@@H](COP(=O)(O)OP(=O)(O)OP(=O)(O)O)O2)c([N+](=O)[O-])c1. The highest BCUT2D eigenvalue weighted by Gasteiger charge is 2.43. The van der Waals surface area contributed by atoms with E-state index >= 15 is 0 Å². The Kier molecular flexibility index (Phi) is 15.5. The van der Waals surface area contributed by atoms with Gasteiger partial charge in [0, 0.05) is 62.0 Å². The number of nitrogens with zero attached hydrogens (tertiary/aromatic N) is 4. The van der Waals surface area contributed by atoms with Crippen molar-refractivity contribution in [3.63, 3.8) is 0 Å². The van der Waals surface area contributed by atoms with Gasteiger partial charge in [-0.2, -0.15) is 8.62 Å². The molecule has 1 aromatic carbocycles. The van der Waals surface area contributed by atoms with Gasteiger partial charge in [0.1, 0.15) is 29.4 Å². The van der Waals surface area contributed by atoms with Gasteiger partial charge in [-0.15, -0.1) is 0 Å². The van der Waals surface area contributed by atoms with Gasteiger partial charge in [0.2, 0.25) is 0 Å². The second-order valence-corrected chi connectivity index (χ2v) is 16.8. The molecule has 24 heteroatoms. The Morgan fingerprint density at radius 1 is 1.04 bits per heavy atom. The zero-order valence-electron chi connectivity index (χ0n) is 29.3. The number of nitro benzene ring substituents is 1. The summed E-state index contributed by atoms with van der Waals surface area (Å²) in [5.74, 6) is 6.04. The van der Waals surface area contributed by atoms with E-state index in [9.17, 15) is 48.3 Å². The van der Waals surface area contributed by atoms with Crippen molar-refractivity contribution in [1.29, 1.82) is 0 Å². The average Bonchev–Trinajstić information content (AvgIpc) is 3.68. The van der Waals surface area contributed by atoms with Crippen LogP contribution < -0.4 is 5.32 Å². The summed E-state index contributed by atoms with van der Waals surface area (Å²) in [5.41, 5.74) is 1.65. The Balaban J connectivity index is 1.33. The van der Waals surface area contributed by atoms with Crippen LogP contribution in [0.15, 0.2) is 36.8 Å². The summed E-state index contributed by atoms with van der Waals surface area (Å²) in [6, 6.07) is 6.16. The number of phosphoric acid groups is 3. The molecule has 0 spiro atoms. The van der Waals surface area contributed by atoms with Gasteiger partial charge in [0.25, 0.3) is 5.69 Å². The molecule has 2 aromatic heterocycles. The normalized spacial score (nSPS) is 19.3. The Morgan fingerprint density at radius 3 is 2.45 bits per heavy atom. The zero-order valence-corrected chi connectivity index (χ0v) is 32.0. The van der Waals surface area contributed by atoms with Crippen molar-refractivity contribution in [2.75, 3.05) is 11.9 Å². The smallest absolute Gasteiger partial charge is 0.390 e. The summed E-state index contributed by atoms with van der Waals surface area (Å²) in [7, 11) is -16.8. The van der Waals surface area contributed by atoms with Crippen LogP contribution in [0.5, 0.6) is 0 Å². The Hall–Kier alpha value is -3.73. The summed E-state index contributed by atoms with van der Waals surface area (Å²) >= 11 is 0. The van der Waals surface area contributed by atoms with Gasteiger partial charge in [-0.25, -0.2) is 23.7 Å². The zero-order chi connectivity index (χ0) is 40.4. The first-order valence-electron chi connectivity index (χ1n) is 16.8. The number of anilines is 1. The Bertz CT molecular complexity index is 2080. The molecule has 0 amide bonds. The number of unbranched alkanes of at least 4 members (excludes halogenated alkanes) is 3. The third kappa shape index (κ3) is 14.1. The number of rotatable bonds is 21. The van der Waals surface area contributed by atoms with Gasteiger partial charge in [0.15, 0.2) is 5.65 Å². The van der Waals surface area contributed by atoms with Gasteiger partial charge in [-0.3, -0.25) is 24.0 Å². The van der Waals surface area contributed by atoms with Crippen molar-refractivity contribution in [1.82, 2.24) is 14.5 Å². The van der Waals surface area contributed by atoms with E-state index < -0.39 is 53.4 Å². The molecule has 0 bridgehead atoms. The average molecular weight is 832 g/mol. The number of hydrogen-bond acceptors (Lipinski definition) is 15. The van der Waals surface area contributed by atoms with E-state index in [-0.39, 0.29) is 42.3 Å². The van der Waals surface area contributed by atoms with Crippen LogP contribution in [0, 0.1) is 22.0 Å². The lowest BCUT2D eigenvalue weighted by atomic mass is 10.1. The highest BCUT2D eigenvalue weighted by atomic mass is 31.3. The monoisotopic (exact) mass is 831 g/mol.